The van der Waals surface area contributed by atoms with Gasteiger partial charge in [0.15, 0.2) is 13.2 Å². The van der Waals surface area contributed by atoms with Gasteiger partial charge in [-0.15, -0.1) is 0 Å². The molecular weight excluding hydrogens is 391 g/mol. The van der Waals surface area contributed by atoms with Crippen LogP contribution in [-0.4, -0.2) is 30.6 Å². The van der Waals surface area contributed by atoms with E-state index >= 15 is 0 Å². The quantitative estimate of drug-likeness (QED) is 0.555. The number of nitriles is 1. The minimum atomic E-state index is -0.937. The number of esters is 1. The maximum Gasteiger partial charge on any atom is 0.344 e. The average Bonchev–Trinajstić information content (AvgIpc) is 3.40. The van der Waals surface area contributed by atoms with Crippen LogP contribution in [-0.2, 0) is 14.3 Å². The number of nitrogens with one attached hydrogen (secondary N) is 1. The minimum absolute atomic E-state index is 0.136. The van der Waals surface area contributed by atoms with Crippen molar-refractivity contribution in [3.8, 4) is 11.8 Å². The monoisotopic (exact) mass is 404 g/mol. The molecule has 0 radical (unpaired) electrons. The van der Waals surface area contributed by atoms with Crippen LogP contribution in [0.15, 0.2) is 12.1 Å². The van der Waals surface area contributed by atoms with Crippen LogP contribution in [0.25, 0.3) is 0 Å². The molecule has 1 aliphatic rings. The second-order valence-electron chi connectivity index (χ2n) is 5.78. The Bertz CT molecular complexity index is 731. The molecule has 0 unspecified atom stereocenters. The molecule has 2 rings (SSSR count). The van der Waals surface area contributed by atoms with Crippen molar-refractivity contribution in [2.24, 2.45) is 5.92 Å². The Balaban J connectivity index is 1.78. The van der Waals surface area contributed by atoms with Gasteiger partial charge >= 0.3 is 5.97 Å². The molecular formula is C16H15Cl3N2O4. The molecule has 25 heavy (non-hydrogen) atoms. The molecule has 1 amide bonds. The third-order valence-corrected chi connectivity index (χ3v) is 4.73. The summed E-state index contributed by atoms with van der Waals surface area (Å²) in [7, 11) is 0. The lowest BCUT2D eigenvalue weighted by atomic mass is 9.98. The third kappa shape index (κ3) is 5.40. The number of nitrogens with zero attached hydrogens (tertiary/aromatic N) is 1. The predicted octanol–water partition coefficient (Wildman–Crippen LogP) is 3.38. The van der Waals surface area contributed by atoms with Gasteiger partial charge in [0.2, 0.25) is 0 Å². The SMILES string of the molecule is C[C@@](C#N)(NC(=O)COC(=O)COc1cc(Cl)c(Cl)cc1Cl)C1CC1. The van der Waals surface area contributed by atoms with Crippen molar-refractivity contribution in [3.05, 3.63) is 27.2 Å². The van der Waals surface area contributed by atoms with E-state index in [2.05, 4.69) is 11.4 Å². The number of hydrogen-bond donors (Lipinski definition) is 1. The maximum absolute atomic E-state index is 11.8. The summed E-state index contributed by atoms with van der Waals surface area (Å²) in [4.78, 5) is 23.5. The van der Waals surface area contributed by atoms with E-state index in [1.165, 1.54) is 12.1 Å². The van der Waals surface area contributed by atoms with Crippen molar-refractivity contribution in [1.29, 1.82) is 5.26 Å². The Labute approximate surface area is 159 Å². The second-order valence-corrected chi connectivity index (χ2v) is 7.00. The summed E-state index contributed by atoms with van der Waals surface area (Å²) in [6.45, 7) is 0.699. The van der Waals surface area contributed by atoms with Crippen LogP contribution in [0.3, 0.4) is 0 Å². The fraction of sp³-hybridized carbons (Fsp3) is 0.438. The smallest absolute Gasteiger partial charge is 0.344 e. The molecule has 0 aromatic heterocycles. The van der Waals surface area contributed by atoms with Gasteiger partial charge in [-0.05, 0) is 31.7 Å². The van der Waals surface area contributed by atoms with Crippen molar-refractivity contribution in [2.75, 3.05) is 13.2 Å². The normalized spacial score (nSPS) is 15.6. The van der Waals surface area contributed by atoms with E-state index in [0.717, 1.165) is 12.8 Å². The van der Waals surface area contributed by atoms with Gasteiger partial charge in [-0.25, -0.2) is 4.79 Å². The zero-order valence-electron chi connectivity index (χ0n) is 13.3. The lowest BCUT2D eigenvalue weighted by Gasteiger charge is -2.22. The van der Waals surface area contributed by atoms with Crippen molar-refractivity contribution < 1.29 is 19.1 Å². The second kappa shape index (κ2) is 8.13. The standard InChI is InChI=1S/C16H15Cl3N2O4/c1-16(8-20,9-2-3-9)21-14(22)6-25-15(23)7-24-13-5-11(18)10(17)4-12(13)19/h4-5,9H,2-3,6-7H2,1H3,(H,21,22)/t16-/m0/s1. The number of halogens is 3. The van der Waals surface area contributed by atoms with Crippen LogP contribution in [0.4, 0.5) is 0 Å². The van der Waals surface area contributed by atoms with Gasteiger partial charge in [0.25, 0.3) is 5.91 Å². The third-order valence-electron chi connectivity index (χ3n) is 3.71. The fourth-order valence-corrected chi connectivity index (χ4v) is 2.74. The summed E-state index contributed by atoms with van der Waals surface area (Å²) >= 11 is 17.6. The van der Waals surface area contributed by atoms with E-state index < -0.39 is 30.6 Å². The Morgan fingerprint density at radius 2 is 1.88 bits per heavy atom. The van der Waals surface area contributed by atoms with E-state index in [4.69, 9.17) is 44.3 Å². The van der Waals surface area contributed by atoms with E-state index in [1.807, 2.05) is 0 Å². The van der Waals surface area contributed by atoms with Crippen molar-refractivity contribution in [1.82, 2.24) is 5.32 Å². The van der Waals surface area contributed by atoms with Gasteiger partial charge in [-0.3, -0.25) is 4.79 Å². The summed E-state index contributed by atoms with van der Waals surface area (Å²) in [5.74, 6) is -1.00. The first kappa shape index (κ1) is 19.6. The van der Waals surface area contributed by atoms with Crippen LogP contribution in [0, 0.1) is 17.2 Å². The molecule has 1 N–H and O–H groups in total. The Hall–Kier alpha value is -1.68. The Kier molecular flexibility index (Phi) is 6.39. The largest absolute Gasteiger partial charge is 0.480 e. The molecule has 1 atom stereocenters. The topological polar surface area (TPSA) is 88.4 Å². The molecule has 134 valence electrons. The summed E-state index contributed by atoms with van der Waals surface area (Å²) in [5.41, 5.74) is -0.937. The molecule has 0 heterocycles. The van der Waals surface area contributed by atoms with Gasteiger partial charge in [0.05, 0.1) is 21.1 Å². The van der Waals surface area contributed by atoms with Crippen LogP contribution in [0.5, 0.6) is 5.75 Å². The van der Waals surface area contributed by atoms with Gasteiger partial charge in [-0.1, -0.05) is 34.8 Å². The van der Waals surface area contributed by atoms with Gasteiger partial charge in [0.1, 0.15) is 11.3 Å². The Morgan fingerprint density at radius 1 is 1.24 bits per heavy atom. The van der Waals surface area contributed by atoms with Crippen LogP contribution in [0.2, 0.25) is 15.1 Å². The summed E-state index contributed by atoms with van der Waals surface area (Å²) in [6, 6.07) is 4.85. The van der Waals surface area contributed by atoms with Crippen LogP contribution in [0.1, 0.15) is 19.8 Å². The Morgan fingerprint density at radius 3 is 2.48 bits per heavy atom. The molecule has 1 aromatic carbocycles. The molecule has 0 aliphatic heterocycles. The molecule has 9 heteroatoms. The van der Waals surface area contributed by atoms with Crippen molar-refractivity contribution in [3.63, 3.8) is 0 Å². The summed E-state index contributed by atoms with van der Waals surface area (Å²) < 4.78 is 10.0. The highest BCUT2D eigenvalue weighted by Crippen LogP contribution is 2.39. The number of carbonyl (C=O) groups is 2. The maximum atomic E-state index is 11.8. The summed E-state index contributed by atoms with van der Waals surface area (Å²) in [6.07, 6.45) is 1.78. The number of benzene rings is 1. The fourth-order valence-electron chi connectivity index (χ4n) is 2.15. The first-order valence-corrected chi connectivity index (χ1v) is 8.54. The van der Waals surface area contributed by atoms with E-state index in [-0.39, 0.29) is 26.7 Å². The average molecular weight is 406 g/mol. The number of carbonyl (C=O) groups excluding carboxylic acids is 2. The van der Waals surface area contributed by atoms with Crippen molar-refractivity contribution >= 4 is 46.7 Å². The number of ether oxygens (including phenoxy) is 2. The van der Waals surface area contributed by atoms with Gasteiger partial charge in [0, 0.05) is 6.07 Å². The van der Waals surface area contributed by atoms with Gasteiger partial charge < -0.3 is 14.8 Å². The molecule has 0 saturated heterocycles. The number of hydrogen-bond acceptors (Lipinski definition) is 5. The zero-order valence-corrected chi connectivity index (χ0v) is 15.5. The van der Waals surface area contributed by atoms with E-state index in [9.17, 15) is 14.9 Å². The van der Waals surface area contributed by atoms with E-state index in [1.54, 1.807) is 6.92 Å². The molecule has 1 aromatic rings. The summed E-state index contributed by atoms with van der Waals surface area (Å²) in [5, 5.41) is 12.4. The molecule has 1 saturated carbocycles. The van der Waals surface area contributed by atoms with Crippen LogP contribution < -0.4 is 10.1 Å². The number of rotatable bonds is 7. The molecule has 1 aliphatic carbocycles. The molecule has 6 nitrogen and oxygen atoms in total. The van der Waals surface area contributed by atoms with Gasteiger partial charge in [-0.2, -0.15) is 5.26 Å². The predicted molar refractivity (Wildman–Crippen MR) is 92.8 cm³/mol. The minimum Gasteiger partial charge on any atom is -0.480 e. The molecule has 0 spiro atoms. The highest BCUT2D eigenvalue weighted by atomic mass is 35.5. The first-order chi connectivity index (χ1) is 11.7. The lowest BCUT2D eigenvalue weighted by Crippen LogP contribution is -2.48. The zero-order chi connectivity index (χ0) is 18.6. The molecule has 1 fully saturated rings. The van der Waals surface area contributed by atoms with Crippen molar-refractivity contribution in [2.45, 2.75) is 25.3 Å². The lowest BCUT2D eigenvalue weighted by molar-refractivity contribution is -0.150. The highest BCUT2D eigenvalue weighted by Gasteiger charge is 2.43. The first-order valence-electron chi connectivity index (χ1n) is 7.40. The molecule has 0 bridgehead atoms. The van der Waals surface area contributed by atoms with Crippen LogP contribution >= 0.6 is 34.8 Å². The highest BCUT2D eigenvalue weighted by molar-refractivity contribution is 6.43. The number of amides is 1. The van der Waals surface area contributed by atoms with E-state index in [0.29, 0.717) is 0 Å².